The molecule has 2 aromatic carbocycles. The van der Waals surface area contributed by atoms with Gasteiger partial charge in [0.05, 0.1) is 13.2 Å². The van der Waals surface area contributed by atoms with Crippen LogP contribution < -0.4 is 4.74 Å². The molecule has 1 amide bonds. The second-order valence-corrected chi connectivity index (χ2v) is 8.32. The van der Waals surface area contributed by atoms with Crippen molar-refractivity contribution < 1.29 is 18.3 Å². The summed E-state index contributed by atoms with van der Waals surface area (Å²) in [4.78, 5) is 17.8. The molecule has 0 saturated carbocycles. The highest BCUT2D eigenvalue weighted by molar-refractivity contribution is 5.95. The molecule has 2 aromatic rings. The normalized spacial score (nSPS) is 30.3. The second kappa shape index (κ2) is 7.10. The van der Waals surface area contributed by atoms with E-state index in [9.17, 15) is 13.6 Å². The minimum absolute atomic E-state index is 0.106. The average molecular weight is 398 g/mol. The number of hydrogen-bond acceptors (Lipinski definition) is 3. The van der Waals surface area contributed by atoms with Gasteiger partial charge in [-0.05, 0) is 67.7 Å². The van der Waals surface area contributed by atoms with Crippen LogP contribution in [-0.2, 0) is 0 Å². The molecule has 0 unspecified atom stereocenters. The van der Waals surface area contributed by atoms with Gasteiger partial charge in [0.2, 0.25) is 0 Å². The van der Waals surface area contributed by atoms with Crippen LogP contribution in [0.5, 0.6) is 5.75 Å². The Morgan fingerprint density at radius 2 is 1.83 bits per heavy atom. The third-order valence-electron chi connectivity index (χ3n) is 6.94. The van der Waals surface area contributed by atoms with Crippen LogP contribution in [0.4, 0.5) is 8.78 Å². The summed E-state index contributed by atoms with van der Waals surface area (Å²) in [7, 11) is 1.65. The number of piperidine rings is 3. The van der Waals surface area contributed by atoms with Crippen LogP contribution in [0.15, 0.2) is 42.5 Å². The van der Waals surface area contributed by atoms with Gasteiger partial charge < -0.3 is 9.64 Å². The number of carbonyl (C=O) groups is 1. The maximum Gasteiger partial charge on any atom is 0.254 e. The van der Waals surface area contributed by atoms with Crippen molar-refractivity contribution in [2.75, 3.05) is 26.7 Å². The first-order chi connectivity index (χ1) is 14.1. The van der Waals surface area contributed by atoms with Gasteiger partial charge in [0, 0.05) is 24.1 Å². The molecule has 4 fully saturated rings. The van der Waals surface area contributed by atoms with Gasteiger partial charge in [-0.1, -0.05) is 12.1 Å². The molecule has 0 spiro atoms. The predicted octanol–water partition coefficient (Wildman–Crippen LogP) is 3.68. The van der Waals surface area contributed by atoms with E-state index in [1.807, 2.05) is 17.0 Å². The molecule has 4 aliphatic heterocycles. The molecule has 0 aromatic heterocycles. The molecule has 6 heteroatoms. The summed E-state index contributed by atoms with van der Waals surface area (Å²) >= 11 is 0. The molecule has 4 nitrogen and oxygen atoms in total. The van der Waals surface area contributed by atoms with Crippen LogP contribution >= 0.6 is 0 Å². The summed E-state index contributed by atoms with van der Waals surface area (Å²) in [5, 5.41) is 0. The Balaban J connectivity index is 1.52. The predicted molar refractivity (Wildman–Crippen MR) is 105 cm³/mol. The number of benzene rings is 2. The number of fused-ring (bicyclic) bond motifs is 2. The molecule has 4 aliphatic rings. The number of ether oxygens (including phenoxy) is 1. The van der Waals surface area contributed by atoms with E-state index in [1.165, 1.54) is 6.07 Å². The van der Waals surface area contributed by atoms with E-state index < -0.39 is 11.6 Å². The van der Waals surface area contributed by atoms with E-state index in [0.29, 0.717) is 12.5 Å². The van der Waals surface area contributed by atoms with Crippen molar-refractivity contribution >= 4 is 5.91 Å². The number of hydrogen-bond donors (Lipinski definition) is 0. The zero-order chi connectivity index (χ0) is 20.1. The van der Waals surface area contributed by atoms with Crippen molar-refractivity contribution in [3.63, 3.8) is 0 Å². The maximum atomic E-state index is 13.8. The number of carbonyl (C=O) groups excluding carboxylic acids is 1. The SMILES string of the molecule is COc1cccc([C@@H]2CN(C(=O)c3ccc(F)c(F)c3)[C@@H]3C4CCN(CC4)[C@@H]32)c1. The molecule has 4 heterocycles. The Labute approximate surface area is 169 Å². The number of nitrogens with zero attached hydrogens (tertiary/aromatic N) is 2. The van der Waals surface area contributed by atoms with Gasteiger partial charge in [-0.2, -0.15) is 0 Å². The Kier molecular flexibility index (Phi) is 4.54. The quantitative estimate of drug-likeness (QED) is 0.791. The lowest BCUT2D eigenvalue weighted by atomic mass is 9.75. The summed E-state index contributed by atoms with van der Waals surface area (Å²) in [5.41, 5.74) is 1.37. The van der Waals surface area contributed by atoms with Crippen molar-refractivity contribution in [2.24, 2.45) is 5.92 Å². The van der Waals surface area contributed by atoms with Crippen LogP contribution in [-0.4, -0.2) is 54.5 Å². The second-order valence-electron chi connectivity index (χ2n) is 8.32. The summed E-state index contributed by atoms with van der Waals surface area (Å²) in [6.45, 7) is 2.69. The highest BCUT2D eigenvalue weighted by atomic mass is 19.2. The number of halogens is 2. The van der Waals surface area contributed by atoms with Gasteiger partial charge in [-0.15, -0.1) is 0 Å². The van der Waals surface area contributed by atoms with Crippen LogP contribution in [0.3, 0.4) is 0 Å². The van der Waals surface area contributed by atoms with Crippen molar-refractivity contribution in [1.29, 1.82) is 0 Å². The number of rotatable bonds is 3. The summed E-state index contributed by atoms with van der Waals surface area (Å²) in [5.74, 6) is -0.691. The highest BCUT2D eigenvalue weighted by Crippen LogP contribution is 2.47. The first kappa shape index (κ1) is 18.6. The monoisotopic (exact) mass is 398 g/mol. The van der Waals surface area contributed by atoms with E-state index >= 15 is 0 Å². The fourth-order valence-electron chi connectivity index (χ4n) is 5.61. The largest absolute Gasteiger partial charge is 0.497 e. The highest BCUT2D eigenvalue weighted by Gasteiger charge is 2.54. The van der Waals surface area contributed by atoms with Gasteiger partial charge in [0.25, 0.3) is 5.91 Å². The molecular weight excluding hydrogens is 374 g/mol. The standard InChI is InChI=1S/C23H24F2N2O2/c1-29-17-4-2-3-15(11-17)18-13-27(21-14-7-9-26(10-8-14)22(18)21)23(28)16-5-6-19(24)20(25)12-16/h2-6,11-12,14,18,21-22H,7-10,13H2,1H3/t18-,21+,22+/m0/s1. The fraction of sp³-hybridized carbons (Fsp3) is 0.435. The third kappa shape index (κ3) is 3.01. The minimum atomic E-state index is -0.982. The number of amides is 1. The lowest BCUT2D eigenvalue weighted by molar-refractivity contribution is -0.00343. The van der Waals surface area contributed by atoms with Crippen molar-refractivity contribution in [3.8, 4) is 5.75 Å². The summed E-state index contributed by atoms with van der Waals surface area (Å²) < 4.78 is 32.5. The van der Waals surface area contributed by atoms with Gasteiger partial charge >= 0.3 is 0 Å². The molecule has 2 bridgehead atoms. The molecule has 0 radical (unpaired) electrons. The van der Waals surface area contributed by atoms with Crippen molar-refractivity contribution in [2.45, 2.75) is 30.8 Å². The molecule has 152 valence electrons. The van der Waals surface area contributed by atoms with E-state index in [1.54, 1.807) is 7.11 Å². The van der Waals surface area contributed by atoms with Gasteiger partial charge in [0.15, 0.2) is 11.6 Å². The van der Waals surface area contributed by atoms with Crippen LogP contribution in [0.25, 0.3) is 0 Å². The topological polar surface area (TPSA) is 32.8 Å². The van der Waals surface area contributed by atoms with Gasteiger partial charge in [-0.3, -0.25) is 9.69 Å². The van der Waals surface area contributed by atoms with Gasteiger partial charge in [-0.25, -0.2) is 8.78 Å². The zero-order valence-electron chi connectivity index (χ0n) is 16.4. The maximum absolute atomic E-state index is 13.8. The lowest BCUT2D eigenvalue weighted by Gasteiger charge is -2.51. The Morgan fingerprint density at radius 1 is 1.03 bits per heavy atom. The van der Waals surface area contributed by atoms with Crippen LogP contribution in [0.2, 0.25) is 0 Å². The molecule has 4 saturated heterocycles. The minimum Gasteiger partial charge on any atom is -0.497 e. The smallest absolute Gasteiger partial charge is 0.254 e. The number of methoxy groups -OCH3 is 1. The van der Waals surface area contributed by atoms with Crippen LogP contribution in [0.1, 0.15) is 34.7 Å². The fourth-order valence-corrected chi connectivity index (χ4v) is 5.61. The van der Waals surface area contributed by atoms with Crippen molar-refractivity contribution in [3.05, 3.63) is 65.2 Å². The average Bonchev–Trinajstić information content (AvgIpc) is 3.19. The molecular formula is C23H24F2N2O2. The Hall–Kier alpha value is -2.47. The van der Waals surface area contributed by atoms with E-state index in [4.69, 9.17) is 4.74 Å². The van der Waals surface area contributed by atoms with Gasteiger partial charge in [0.1, 0.15) is 5.75 Å². The van der Waals surface area contributed by atoms with Crippen molar-refractivity contribution in [1.82, 2.24) is 9.80 Å². The Morgan fingerprint density at radius 3 is 2.55 bits per heavy atom. The molecule has 3 atom stereocenters. The first-order valence-corrected chi connectivity index (χ1v) is 10.2. The molecule has 6 rings (SSSR count). The molecule has 0 N–H and O–H groups in total. The Bertz CT molecular complexity index is 942. The van der Waals surface area contributed by atoms with Crippen LogP contribution in [0, 0.1) is 17.6 Å². The lowest BCUT2D eigenvalue weighted by Crippen LogP contribution is -2.60. The number of likely N-dealkylation sites (tertiary alicyclic amines) is 1. The van der Waals surface area contributed by atoms with E-state index in [2.05, 4.69) is 17.0 Å². The summed E-state index contributed by atoms with van der Waals surface area (Å²) in [6.07, 6.45) is 2.15. The zero-order valence-corrected chi connectivity index (χ0v) is 16.4. The molecule has 29 heavy (non-hydrogen) atoms. The first-order valence-electron chi connectivity index (χ1n) is 10.2. The van der Waals surface area contributed by atoms with E-state index in [0.717, 1.165) is 49.4 Å². The summed E-state index contributed by atoms with van der Waals surface area (Å²) in [6, 6.07) is 11.9. The molecule has 0 aliphatic carbocycles. The van der Waals surface area contributed by atoms with E-state index in [-0.39, 0.29) is 29.5 Å². The third-order valence-corrected chi connectivity index (χ3v) is 6.94.